The summed E-state index contributed by atoms with van der Waals surface area (Å²) in [5.74, 6) is 0.461. The Hall–Kier alpha value is -0.810. The fourth-order valence-corrected chi connectivity index (χ4v) is 3.43. The Morgan fingerprint density at radius 3 is 2.48 bits per heavy atom. The number of carbonyl (C=O) groups excluding carboxylic acids is 1. The summed E-state index contributed by atoms with van der Waals surface area (Å²) in [4.78, 5) is 14.3. The standard InChI is InChI=1S/C16H31N3O2/c1-14(12-19-9-5-2-6-10-19)11-17-15(20)18-13-16(21)7-3-4-8-16/h14,21H,2-13H2,1H3,(H2,17,18,20). The summed E-state index contributed by atoms with van der Waals surface area (Å²) in [6.07, 6.45) is 7.70. The lowest BCUT2D eigenvalue weighted by atomic mass is 10.0. The lowest BCUT2D eigenvalue weighted by molar-refractivity contribution is 0.0501. The maximum absolute atomic E-state index is 11.8. The first-order chi connectivity index (χ1) is 10.1. The molecule has 0 aromatic carbocycles. The second-order valence-corrected chi connectivity index (χ2v) is 6.96. The molecule has 0 aromatic heterocycles. The van der Waals surface area contributed by atoms with Crippen LogP contribution in [0, 0.1) is 5.92 Å². The molecule has 0 aromatic rings. The highest BCUT2D eigenvalue weighted by Gasteiger charge is 2.31. The number of nitrogens with zero attached hydrogens (tertiary/aromatic N) is 1. The van der Waals surface area contributed by atoms with Crippen LogP contribution in [-0.2, 0) is 0 Å². The molecule has 2 rings (SSSR count). The Morgan fingerprint density at radius 2 is 1.81 bits per heavy atom. The summed E-state index contributed by atoms with van der Waals surface area (Å²) in [6, 6.07) is -0.152. The third kappa shape index (κ3) is 5.83. The predicted molar refractivity (Wildman–Crippen MR) is 84.3 cm³/mol. The predicted octanol–water partition coefficient (Wildman–Crippen LogP) is 1.71. The number of amides is 2. The van der Waals surface area contributed by atoms with Crippen LogP contribution in [0.2, 0.25) is 0 Å². The molecule has 3 N–H and O–H groups in total. The van der Waals surface area contributed by atoms with Gasteiger partial charge < -0.3 is 20.6 Å². The van der Waals surface area contributed by atoms with Crippen LogP contribution in [0.3, 0.4) is 0 Å². The van der Waals surface area contributed by atoms with Crippen molar-refractivity contribution in [2.75, 3.05) is 32.7 Å². The minimum absolute atomic E-state index is 0.152. The molecule has 1 aliphatic carbocycles. The summed E-state index contributed by atoms with van der Waals surface area (Å²) >= 11 is 0. The van der Waals surface area contributed by atoms with Gasteiger partial charge in [0.05, 0.1) is 5.60 Å². The largest absolute Gasteiger partial charge is 0.388 e. The molecule has 1 saturated heterocycles. The normalized spacial score (nSPS) is 23.7. The van der Waals surface area contributed by atoms with Crippen LogP contribution in [0.1, 0.15) is 51.9 Å². The van der Waals surface area contributed by atoms with E-state index in [2.05, 4.69) is 22.5 Å². The molecular formula is C16H31N3O2. The molecule has 0 bridgehead atoms. The van der Waals surface area contributed by atoms with Crippen molar-refractivity contribution in [3.05, 3.63) is 0 Å². The number of hydrogen-bond acceptors (Lipinski definition) is 3. The average molecular weight is 297 g/mol. The lowest BCUT2D eigenvalue weighted by Gasteiger charge is -2.29. The highest BCUT2D eigenvalue weighted by Crippen LogP contribution is 2.28. The molecule has 1 unspecified atom stereocenters. The topological polar surface area (TPSA) is 64.6 Å². The Labute approximate surface area is 128 Å². The molecule has 1 saturated carbocycles. The summed E-state index contributed by atoms with van der Waals surface area (Å²) in [5, 5.41) is 15.9. The second kappa shape index (κ2) is 7.99. The number of piperidine rings is 1. The van der Waals surface area contributed by atoms with E-state index in [9.17, 15) is 9.90 Å². The highest BCUT2D eigenvalue weighted by atomic mass is 16.3. The molecular weight excluding hydrogens is 266 g/mol. The van der Waals surface area contributed by atoms with Gasteiger partial charge in [-0.3, -0.25) is 0 Å². The first kappa shape index (κ1) is 16.6. The van der Waals surface area contributed by atoms with Gasteiger partial charge in [0.25, 0.3) is 0 Å². The molecule has 21 heavy (non-hydrogen) atoms. The van der Waals surface area contributed by atoms with Gasteiger partial charge in [-0.25, -0.2) is 4.79 Å². The van der Waals surface area contributed by atoms with Gasteiger partial charge in [-0.1, -0.05) is 26.2 Å². The maximum Gasteiger partial charge on any atom is 0.314 e. The van der Waals surface area contributed by atoms with Crippen molar-refractivity contribution in [1.82, 2.24) is 15.5 Å². The van der Waals surface area contributed by atoms with Gasteiger partial charge in [-0.2, -0.15) is 0 Å². The number of urea groups is 1. The van der Waals surface area contributed by atoms with Gasteiger partial charge >= 0.3 is 6.03 Å². The van der Waals surface area contributed by atoms with E-state index in [4.69, 9.17) is 0 Å². The number of likely N-dealkylation sites (tertiary alicyclic amines) is 1. The molecule has 0 spiro atoms. The monoisotopic (exact) mass is 297 g/mol. The number of hydrogen-bond donors (Lipinski definition) is 3. The van der Waals surface area contributed by atoms with Gasteiger partial charge in [0, 0.05) is 19.6 Å². The third-order valence-corrected chi connectivity index (χ3v) is 4.74. The smallest absolute Gasteiger partial charge is 0.314 e. The molecule has 1 atom stereocenters. The summed E-state index contributed by atoms with van der Waals surface area (Å²) < 4.78 is 0. The van der Waals surface area contributed by atoms with Crippen LogP contribution >= 0.6 is 0 Å². The molecule has 2 fully saturated rings. The van der Waals surface area contributed by atoms with E-state index >= 15 is 0 Å². The third-order valence-electron chi connectivity index (χ3n) is 4.74. The van der Waals surface area contributed by atoms with Crippen molar-refractivity contribution in [2.45, 2.75) is 57.5 Å². The Balaban J connectivity index is 1.57. The number of rotatable bonds is 6. The quantitative estimate of drug-likeness (QED) is 0.699. The Morgan fingerprint density at radius 1 is 1.14 bits per heavy atom. The van der Waals surface area contributed by atoms with Crippen molar-refractivity contribution in [2.24, 2.45) is 5.92 Å². The van der Waals surface area contributed by atoms with Crippen LogP contribution < -0.4 is 10.6 Å². The molecule has 5 nitrogen and oxygen atoms in total. The fourth-order valence-electron chi connectivity index (χ4n) is 3.43. The van der Waals surface area contributed by atoms with Gasteiger partial charge in [0.2, 0.25) is 0 Å². The molecule has 2 aliphatic rings. The van der Waals surface area contributed by atoms with Gasteiger partial charge in [-0.15, -0.1) is 0 Å². The zero-order valence-electron chi connectivity index (χ0n) is 13.4. The number of nitrogens with one attached hydrogen (secondary N) is 2. The lowest BCUT2D eigenvalue weighted by Crippen LogP contribution is -2.46. The molecule has 0 radical (unpaired) electrons. The van der Waals surface area contributed by atoms with E-state index in [0.29, 0.717) is 19.0 Å². The molecule has 122 valence electrons. The van der Waals surface area contributed by atoms with E-state index in [0.717, 1.165) is 32.2 Å². The first-order valence-corrected chi connectivity index (χ1v) is 8.54. The van der Waals surface area contributed by atoms with Crippen molar-refractivity contribution in [3.8, 4) is 0 Å². The van der Waals surface area contributed by atoms with E-state index < -0.39 is 5.60 Å². The molecule has 2 amide bonds. The zero-order valence-corrected chi connectivity index (χ0v) is 13.4. The summed E-state index contributed by atoms with van der Waals surface area (Å²) in [5.41, 5.74) is -0.670. The van der Waals surface area contributed by atoms with Crippen LogP contribution in [0.5, 0.6) is 0 Å². The van der Waals surface area contributed by atoms with Crippen LogP contribution in [-0.4, -0.2) is 54.4 Å². The van der Waals surface area contributed by atoms with Crippen molar-refractivity contribution in [3.63, 3.8) is 0 Å². The van der Waals surface area contributed by atoms with Crippen molar-refractivity contribution >= 4 is 6.03 Å². The number of carbonyl (C=O) groups is 1. The van der Waals surface area contributed by atoms with Gasteiger partial charge in [-0.05, 0) is 44.7 Å². The fraction of sp³-hybridized carbons (Fsp3) is 0.938. The highest BCUT2D eigenvalue weighted by molar-refractivity contribution is 5.73. The van der Waals surface area contributed by atoms with Crippen LogP contribution in [0.25, 0.3) is 0 Å². The number of aliphatic hydroxyl groups is 1. The van der Waals surface area contributed by atoms with E-state index in [1.54, 1.807) is 0 Å². The zero-order chi connectivity index (χ0) is 15.1. The van der Waals surface area contributed by atoms with E-state index in [1.807, 2.05) is 0 Å². The van der Waals surface area contributed by atoms with E-state index in [-0.39, 0.29) is 6.03 Å². The maximum atomic E-state index is 11.8. The summed E-state index contributed by atoms with van der Waals surface area (Å²) in [7, 11) is 0. The molecule has 5 heteroatoms. The second-order valence-electron chi connectivity index (χ2n) is 6.96. The van der Waals surface area contributed by atoms with Crippen LogP contribution in [0.4, 0.5) is 4.79 Å². The van der Waals surface area contributed by atoms with Crippen molar-refractivity contribution in [1.29, 1.82) is 0 Å². The minimum Gasteiger partial charge on any atom is -0.388 e. The van der Waals surface area contributed by atoms with Crippen LogP contribution in [0.15, 0.2) is 0 Å². The SMILES string of the molecule is CC(CNC(=O)NCC1(O)CCCC1)CN1CCCCC1. The average Bonchev–Trinajstić information content (AvgIpc) is 2.91. The first-order valence-electron chi connectivity index (χ1n) is 8.54. The molecule has 1 aliphatic heterocycles. The van der Waals surface area contributed by atoms with E-state index in [1.165, 1.54) is 32.4 Å². The summed E-state index contributed by atoms with van der Waals surface area (Å²) in [6.45, 7) is 6.71. The Bertz CT molecular complexity index is 323. The molecule has 1 heterocycles. The Kier molecular flexibility index (Phi) is 6.30. The van der Waals surface area contributed by atoms with Gasteiger partial charge in [0.15, 0.2) is 0 Å². The van der Waals surface area contributed by atoms with Crippen molar-refractivity contribution < 1.29 is 9.90 Å². The minimum atomic E-state index is -0.670. The van der Waals surface area contributed by atoms with Gasteiger partial charge in [0.1, 0.15) is 0 Å².